The van der Waals surface area contributed by atoms with Gasteiger partial charge in [0.15, 0.2) is 5.76 Å². The Hall–Kier alpha value is -1.71. The molecule has 1 saturated heterocycles. The Morgan fingerprint density at radius 3 is 2.88 bits per heavy atom. The summed E-state index contributed by atoms with van der Waals surface area (Å²) in [7, 11) is -1.96. The predicted octanol–water partition coefficient (Wildman–Crippen LogP) is 1.70. The molecule has 0 unspecified atom stereocenters. The van der Waals surface area contributed by atoms with Gasteiger partial charge >= 0.3 is 0 Å². The van der Waals surface area contributed by atoms with Crippen LogP contribution in [0.4, 0.5) is 0 Å². The van der Waals surface area contributed by atoms with Crippen LogP contribution in [0.25, 0.3) is 0 Å². The van der Waals surface area contributed by atoms with Crippen molar-refractivity contribution < 1.29 is 17.7 Å². The Labute approximate surface area is 147 Å². The Morgan fingerprint density at radius 1 is 1.40 bits per heavy atom. The van der Waals surface area contributed by atoms with Crippen molar-refractivity contribution in [2.75, 3.05) is 26.8 Å². The lowest BCUT2D eigenvalue weighted by Gasteiger charge is -2.31. The van der Waals surface area contributed by atoms with Gasteiger partial charge in [0.05, 0.1) is 6.61 Å². The molecule has 2 aromatic rings. The highest BCUT2D eigenvalue weighted by atomic mass is 32.2. The topological polar surface area (TPSA) is 90.5 Å². The van der Waals surface area contributed by atoms with E-state index in [-0.39, 0.29) is 10.8 Å². The molecule has 0 aliphatic carbocycles. The second-order valence-corrected chi connectivity index (χ2v) is 8.20. The number of hydrogen-bond donors (Lipinski definition) is 0. The molecule has 8 nitrogen and oxygen atoms in total. The molecule has 0 bridgehead atoms. The Kier molecular flexibility index (Phi) is 5.26. The SMILES string of the molecule is COCCn1ccnc1[C@@H]1CCCN(S(=O)(=O)c2c(C)noc2C)C1. The van der Waals surface area contributed by atoms with Gasteiger partial charge in [0, 0.05) is 45.1 Å². The third kappa shape index (κ3) is 3.49. The number of piperidine rings is 1. The Balaban J connectivity index is 1.83. The molecule has 0 N–H and O–H groups in total. The lowest BCUT2D eigenvalue weighted by molar-refractivity contribution is 0.184. The van der Waals surface area contributed by atoms with Gasteiger partial charge in [-0.05, 0) is 26.7 Å². The Morgan fingerprint density at radius 2 is 2.20 bits per heavy atom. The molecule has 1 aliphatic rings. The minimum absolute atomic E-state index is 0.0656. The first-order valence-corrected chi connectivity index (χ1v) is 9.82. The summed E-state index contributed by atoms with van der Waals surface area (Å²) < 4.78 is 39.8. The summed E-state index contributed by atoms with van der Waals surface area (Å²) in [4.78, 5) is 4.65. The highest BCUT2D eigenvalue weighted by Gasteiger charge is 2.35. The van der Waals surface area contributed by atoms with E-state index < -0.39 is 10.0 Å². The smallest absolute Gasteiger partial charge is 0.248 e. The van der Waals surface area contributed by atoms with Crippen LogP contribution in [0.5, 0.6) is 0 Å². The summed E-state index contributed by atoms with van der Waals surface area (Å²) in [6.45, 7) is 5.50. The fourth-order valence-corrected chi connectivity index (χ4v) is 5.22. The van der Waals surface area contributed by atoms with Crippen LogP contribution >= 0.6 is 0 Å². The van der Waals surface area contributed by atoms with Crippen molar-refractivity contribution in [3.05, 3.63) is 29.7 Å². The van der Waals surface area contributed by atoms with Crippen molar-refractivity contribution in [1.29, 1.82) is 0 Å². The molecule has 0 radical (unpaired) electrons. The van der Waals surface area contributed by atoms with Crippen molar-refractivity contribution >= 4 is 10.0 Å². The molecular formula is C16H24N4O4S. The standard InChI is InChI=1S/C16H24N4O4S/c1-12-15(13(2)24-18-12)25(21,22)20-7-4-5-14(11-20)16-17-6-8-19(16)9-10-23-3/h6,8,14H,4-5,7,9-11H2,1-3H3/t14-/m1/s1. The van der Waals surface area contributed by atoms with E-state index in [0.29, 0.717) is 37.7 Å². The molecule has 0 saturated carbocycles. The molecule has 25 heavy (non-hydrogen) atoms. The predicted molar refractivity (Wildman–Crippen MR) is 90.8 cm³/mol. The third-order valence-corrected chi connectivity index (χ3v) is 6.71. The summed E-state index contributed by atoms with van der Waals surface area (Å²) in [5.74, 6) is 1.31. The number of methoxy groups -OCH3 is 1. The second-order valence-electron chi connectivity index (χ2n) is 6.33. The number of nitrogens with zero attached hydrogens (tertiary/aromatic N) is 4. The van der Waals surface area contributed by atoms with Gasteiger partial charge in [-0.1, -0.05) is 5.16 Å². The molecule has 1 fully saturated rings. The highest BCUT2D eigenvalue weighted by molar-refractivity contribution is 7.89. The van der Waals surface area contributed by atoms with Gasteiger partial charge < -0.3 is 13.8 Å². The van der Waals surface area contributed by atoms with Crippen LogP contribution in [-0.4, -0.2) is 54.2 Å². The maximum atomic E-state index is 13.0. The lowest BCUT2D eigenvalue weighted by atomic mass is 9.99. The third-order valence-electron chi connectivity index (χ3n) is 4.60. The van der Waals surface area contributed by atoms with E-state index in [2.05, 4.69) is 10.1 Å². The zero-order chi connectivity index (χ0) is 18.0. The summed E-state index contributed by atoms with van der Waals surface area (Å²) in [5, 5.41) is 3.78. The van der Waals surface area contributed by atoms with Crippen LogP contribution in [0.3, 0.4) is 0 Å². The molecular weight excluding hydrogens is 344 g/mol. The molecule has 138 valence electrons. The van der Waals surface area contributed by atoms with E-state index >= 15 is 0 Å². The summed E-state index contributed by atoms with van der Waals surface area (Å²) in [6.07, 6.45) is 5.38. The van der Waals surface area contributed by atoms with Gasteiger partial charge in [-0.3, -0.25) is 0 Å². The number of imidazole rings is 1. The number of hydrogen-bond acceptors (Lipinski definition) is 6. The molecule has 0 spiro atoms. The van der Waals surface area contributed by atoms with Gasteiger partial charge in [-0.25, -0.2) is 13.4 Å². The molecule has 1 aliphatic heterocycles. The minimum Gasteiger partial charge on any atom is -0.383 e. The van der Waals surface area contributed by atoms with Crippen LogP contribution < -0.4 is 0 Å². The van der Waals surface area contributed by atoms with Gasteiger partial charge in [0.1, 0.15) is 16.4 Å². The first-order chi connectivity index (χ1) is 11.9. The lowest BCUT2D eigenvalue weighted by Crippen LogP contribution is -2.40. The van der Waals surface area contributed by atoms with Crippen molar-refractivity contribution in [3.8, 4) is 0 Å². The molecule has 0 amide bonds. The molecule has 3 heterocycles. The quantitative estimate of drug-likeness (QED) is 0.771. The maximum absolute atomic E-state index is 13.0. The van der Waals surface area contributed by atoms with Crippen LogP contribution in [0, 0.1) is 13.8 Å². The molecule has 2 aromatic heterocycles. The average molecular weight is 368 g/mol. The minimum atomic E-state index is -3.62. The number of aromatic nitrogens is 3. The zero-order valence-electron chi connectivity index (χ0n) is 14.8. The van der Waals surface area contributed by atoms with E-state index in [9.17, 15) is 8.42 Å². The fourth-order valence-electron chi connectivity index (χ4n) is 3.40. The summed E-state index contributed by atoms with van der Waals surface area (Å²) in [6, 6.07) is 0. The van der Waals surface area contributed by atoms with E-state index in [1.165, 1.54) is 4.31 Å². The molecule has 9 heteroatoms. The zero-order valence-corrected chi connectivity index (χ0v) is 15.6. The maximum Gasteiger partial charge on any atom is 0.248 e. The molecule has 1 atom stereocenters. The van der Waals surface area contributed by atoms with Crippen LogP contribution in [0.15, 0.2) is 21.8 Å². The number of ether oxygens (including phenoxy) is 1. The number of rotatable bonds is 6. The van der Waals surface area contributed by atoms with E-state index in [4.69, 9.17) is 9.26 Å². The Bertz CT molecular complexity index is 808. The first kappa shape index (κ1) is 18.1. The molecule has 3 rings (SSSR count). The largest absolute Gasteiger partial charge is 0.383 e. The van der Waals surface area contributed by atoms with Crippen LogP contribution in [-0.2, 0) is 21.3 Å². The van der Waals surface area contributed by atoms with Gasteiger partial charge in [0.25, 0.3) is 0 Å². The molecule has 0 aromatic carbocycles. The van der Waals surface area contributed by atoms with E-state index in [1.54, 1.807) is 27.2 Å². The van der Waals surface area contributed by atoms with E-state index in [1.807, 2.05) is 10.8 Å². The average Bonchev–Trinajstić information content (AvgIpc) is 3.19. The van der Waals surface area contributed by atoms with Gasteiger partial charge in [-0.15, -0.1) is 0 Å². The number of aryl methyl sites for hydroxylation is 2. The second kappa shape index (κ2) is 7.27. The fraction of sp³-hybridized carbons (Fsp3) is 0.625. The van der Waals surface area contributed by atoms with Crippen LogP contribution in [0.1, 0.15) is 36.0 Å². The van der Waals surface area contributed by atoms with Crippen molar-refractivity contribution in [2.45, 2.75) is 44.0 Å². The summed E-state index contributed by atoms with van der Waals surface area (Å²) >= 11 is 0. The van der Waals surface area contributed by atoms with Gasteiger partial charge in [0.2, 0.25) is 10.0 Å². The van der Waals surface area contributed by atoms with Crippen molar-refractivity contribution in [2.24, 2.45) is 0 Å². The number of sulfonamides is 1. The summed E-state index contributed by atoms with van der Waals surface area (Å²) in [5.41, 5.74) is 0.404. The van der Waals surface area contributed by atoms with Crippen molar-refractivity contribution in [3.63, 3.8) is 0 Å². The normalized spacial score (nSPS) is 19.4. The van der Waals surface area contributed by atoms with Gasteiger partial charge in [-0.2, -0.15) is 4.31 Å². The van der Waals surface area contributed by atoms with E-state index in [0.717, 1.165) is 18.7 Å². The van der Waals surface area contributed by atoms with Crippen LogP contribution in [0.2, 0.25) is 0 Å². The van der Waals surface area contributed by atoms with Crippen molar-refractivity contribution in [1.82, 2.24) is 19.0 Å². The first-order valence-electron chi connectivity index (χ1n) is 8.38. The highest BCUT2D eigenvalue weighted by Crippen LogP contribution is 2.31. The monoisotopic (exact) mass is 368 g/mol.